The highest BCUT2D eigenvalue weighted by atomic mass is 127. The van der Waals surface area contributed by atoms with Crippen molar-refractivity contribution in [2.24, 2.45) is 4.99 Å². The summed E-state index contributed by atoms with van der Waals surface area (Å²) in [4.78, 5) is 14.7. The predicted octanol–water partition coefficient (Wildman–Crippen LogP) is 2.70. The van der Waals surface area contributed by atoms with Gasteiger partial charge in [0.25, 0.3) is 5.69 Å². The zero-order valence-electron chi connectivity index (χ0n) is 17.0. The number of nitrogens with one attached hydrogen (secondary N) is 3. The molecule has 0 fully saturated rings. The molecular formula is C19H26IN5O4S. The van der Waals surface area contributed by atoms with Crippen LogP contribution in [-0.2, 0) is 16.4 Å². The first-order valence-electron chi connectivity index (χ1n) is 8.93. The number of sulfone groups is 1. The molecule has 0 radical (unpaired) electrons. The summed E-state index contributed by atoms with van der Waals surface area (Å²) in [5, 5.41) is 20.5. The van der Waals surface area contributed by atoms with Crippen molar-refractivity contribution in [3.8, 4) is 0 Å². The van der Waals surface area contributed by atoms with Crippen molar-refractivity contribution < 1.29 is 13.3 Å². The molecule has 9 nitrogen and oxygen atoms in total. The van der Waals surface area contributed by atoms with E-state index >= 15 is 0 Å². The fraction of sp³-hybridized carbons (Fsp3) is 0.316. The number of benzene rings is 2. The highest BCUT2D eigenvalue weighted by Gasteiger charge is 2.18. The van der Waals surface area contributed by atoms with Crippen molar-refractivity contribution in [2.75, 3.05) is 31.7 Å². The lowest BCUT2D eigenvalue weighted by atomic mass is 10.1. The molecule has 0 spiro atoms. The molecule has 3 N–H and O–H groups in total. The number of aryl methyl sites for hydroxylation is 1. The third-order valence-corrected chi connectivity index (χ3v) is 5.20. The summed E-state index contributed by atoms with van der Waals surface area (Å²) in [6.45, 7) is 3.49. The second kappa shape index (κ2) is 11.7. The van der Waals surface area contributed by atoms with E-state index in [4.69, 9.17) is 0 Å². The summed E-state index contributed by atoms with van der Waals surface area (Å²) in [5.41, 5.74) is 2.29. The summed E-state index contributed by atoms with van der Waals surface area (Å²) >= 11 is 0. The molecular weight excluding hydrogens is 521 g/mol. The lowest BCUT2D eigenvalue weighted by Crippen LogP contribution is -2.39. The van der Waals surface area contributed by atoms with Crippen molar-refractivity contribution >= 4 is 51.1 Å². The van der Waals surface area contributed by atoms with Gasteiger partial charge in [0.05, 0.1) is 9.82 Å². The smallest absolute Gasteiger partial charge is 0.293 e. The number of halogens is 1. The molecule has 0 bridgehead atoms. The van der Waals surface area contributed by atoms with Crippen LogP contribution >= 0.6 is 24.0 Å². The third-order valence-electron chi connectivity index (χ3n) is 4.09. The monoisotopic (exact) mass is 547 g/mol. The Balaban J connectivity index is 0.00000450. The van der Waals surface area contributed by atoms with Crippen LogP contribution in [0.3, 0.4) is 0 Å². The maximum atomic E-state index is 11.6. The molecule has 0 heterocycles. The molecule has 0 aliphatic carbocycles. The third kappa shape index (κ3) is 7.78. The Hall–Kier alpha value is -2.41. The first-order chi connectivity index (χ1) is 13.7. The van der Waals surface area contributed by atoms with Crippen molar-refractivity contribution in [1.82, 2.24) is 10.6 Å². The molecule has 2 aromatic carbocycles. The minimum atomic E-state index is -3.52. The van der Waals surface area contributed by atoms with Gasteiger partial charge in [-0.3, -0.25) is 15.1 Å². The van der Waals surface area contributed by atoms with Crippen molar-refractivity contribution in [3.63, 3.8) is 0 Å². The second-order valence-corrected chi connectivity index (χ2v) is 8.49. The normalized spacial score (nSPS) is 11.4. The average Bonchev–Trinajstić information content (AvgIpc) is 2.66. The zero-order chi connectivity index (χ0) is 21.4. The van der Waals surface area contributed by atoms with Crippen LogP contribution in [-0.4, -0.2) is 45.7 Å². The average molecular weight is 547 g/mol. The van der Waals surface area contributed by atoms with E-state index < -0.39 is 14.8 Å². The maximum Gasteiger partial charge on any atom is 0.293 e. The van der Waals surface area contributed by atoms with E-state index in [1.807, 2.05) is 25.1 Å². The van der Waals surface area contributed by atoms with Gasteiger partial charge in [-0.25, -0.2) is 8.42 Å². The SMILES string of the molecule is CN=C(NCCNc1ccc(S(C)(=O)=O)cc1[N+](=O)[O-])NCc1cccc(C)c1.I. The Morgan fingerprint density at radius 2 is 1.87 bits per heavy atom. The van der Waals surface area contributed by atoms with Gasteiger partial charge in [0.2, 0.25) is 0 Å². The number of nitrogens with zero attached hydrogens (tertiary/aromatic N) is 2. The first-order valence-corrected chi connectivity index (χ1v) is 10.8. The maximum absolute atomic E-state index is 11.6. The van der Waals surface area contributed by atoms with Crippen molar-refractivity contribution in [2.45, 2.75) is 18.4 Å². The van der Waals surface area contributed by atoms with Crippen LogP contribution in [0.5, 0.6) is 0 Å². The van der Waals surface area contributed by atoms with Crippen LogP contribution in [0.15, 0.2) is 52.4 Å². The van der Waals surface area contributed by atoms with Gasteiger partial charge in [-0.05, 0) is 24.6 Å². The van der Waals surface area contributed by atoms with Crippen LogP contribution in [0.4, 0.5) is 11.4 Å². The predicted molar refractivity (Wildman–Crippen MR) is 129 cm³/mol. The Bertz CT molecular complexity index is 1010. The van der Waals surface area contributed by atoms with E-state index in [0.717, 1.165) is 17.9 Å². The highest BCUT2D eigenvalue weighted by molar-refractivity contribution is 14.0. The van der Waals surface area contributed by atoms with E-state index in [1.54, 1.807) is 7.05 Å². The molecule has 0 saturated heterocycles. The molecule has 30 heavy (non-hydrogen) atoms. The molecule has 0 aliphatic heterocycles. The minimum absolute atomic E-state index is 0. The second-order valence-electron chi connectivity index (χ2n) is 6.48. The molecule has 2 rings (SSSR count). The molecule has 0 aliphatic rings. The van der Waals surface area contributed by atoms with Gasteiger partial charge in [0.1, 0.15) is 5.69 Å². The molecule has 0 amide bonds. The van der Waals surface area contributed by atoms with E-state index in [9.17, 15) is 18.5 Å². The summed E-state index contributed by atoms with van der Waals surface area (Å²) in [7, 11) is -1.86. The Morgan fingerprint density at radius 1 is 1.13 bits per heavy atom. The van der Waals surface area contributed by atoms with Crippen LogP contribution in [0.25, 0.3) is 0 Å². The van der Waals surface area contributed by atoms with Crippen LogP contribution < -0.4 is 16.0 Å². The highest BCUT2D eigenvalue weighted by Crippen LogP contribution is 2.27. The summed E-state index contributed by atoms with van der Waals surface area (Å²) in [6.07, 6.45) is 1.01. The number of aliphatic imine (C=N–C) groups is 1. The van der Waals surface area contributed by atoms with Gasteiger partial charge in [-0.2, -0.15) is 0 Å². The molecule has 0 atom stereocenters. The fourth-order valence-corrected chi connectivity index (χ4v) is 3.29. The molecule has 0 saturated carbocycles. The largest absolute Gasteiger partial charge is 0.378 e. The van der Waals surface area contributed by atoms with E-state index in [1.165, 1.54) is 17.7 Å². The number of nitro groups is 1. The van der Waals surface area contributed by atoms with Gasteiger partial charge in [0, 0.05) is 39.0 Å². The number of nitro benzene ring substituents is 1. The van der Waals surface area contributed by atoms with Crippen molar-refractivity contribution in [3.05, 3.63) is 63.7 Å². The Morgan fingerprint density at radius 3 is 2.47 bits per heavy atom. The fourth-order valence-electron chi connectivity index (χ4n) is 2.65. The summed E-state index contributed by atoms with van der Waals surface area (Å²) in [5.74, 6) is 0.607. The molecule has 164 valence electrons. The molecule has 2 aromatic rings. The van der Waals surface area contributed by atoms with Gasteiger partial charge < -0.3 is 16.0 Å². The summed E-state index contributed by atoms with van der Waals surface area (Å²) < 4.78 is 23.2. The van der Waals surface area contributed by atoms with E-state index in [0.29, 0.717) is 25.6 Å². The standard InChI is InChI=1S/C19H25N5O4S.HI/c1-14-5-4-6-15(11-14)13-23-19(20-2)22-10-9-21-17-8-7-16(29(3,27)28)12-18(17)24(25)26;/h4-8,11-12,21H,9-10,13H2,1-3H3,(H2,20,22,23);1H. The minimum Gasteiger partial charge on any atom is -0.378 e. The van der Waals surface area contributed by atoms with Crippen LogP contribution in [0.2, 0.25) is 0 Å². The molecule has 0 aromatic heterocycles. The van der Waals surface area contributed by atoms with Crippen LogP contribution in [0, 0.1) is 17.0 Å². The van der Waals surface area contributed by atoms with Crippen molar-refractivity contribution in [1.29, 1.82) is 0 Å². The van der Waals surface area contributed by atoms with E-state index in [-0.39, 0.29) is 40.2 Å². The zero-order valence-corrected chi connectivity index (χ0v) is 20.2. The summed E-state index contributed by atoms with van der Waals surface area (Å²) in [6, 6.07) is 11.9. The van der Waals surface area contributed by atoms with Gasteiger partial charge in [-0.1, -0.05) is 29.8 Å². The Kier molecular flexibility index (Phi) is 9.99. The quantitative estimate of drug-likeness (QED) is 0.116. The van der Waals surface area contributed by atoms with E-state index in [2.05, 4.69) is 27.0 Å². The van der Waals surface area contributed by atoms with Crippen LogP contribution in [0.1, 0.15) is 11.1 Å². The number of anilines is 1. The molecule has 0 unspecified atom stereocenters. The lowest BCUT2D eigenvalue weighted by Gasteiger charge is -2.13. The lowest BCUT2D eigenvalue weighted by molar-refractivity contribution is -0.384. The number of rotatable bonds is 8. The van der Waals surface area contributed by atoms with Gasteiger partial charge in [0.15, 0.2) is 15.8 Å². The number of guanidine groups is 1. The number of hydrogen-bond acceptors (Lipinski definition) is 6. The van der Waals surface area contributed by atoms with Gasteiger partial charge in [-0.15, -0.1) is 24.0 Å². The number of hydrogen-bond donors (Lipinski definition) is 3. The first kappa shape index (κ1) is 25.6. The molecule has 11 heteroatoms. The Labute approximate surface area is 193 Å². The topological polar surface area (TPSA) is 126 Å². The van der Waals surface area contributed by atoms with Gasteiger partial charge >= 0.3 is 0 Å².